The van der Waals surface area contributed by atoms with Gasteiger partial charge in [-0.3, -0.25) is 4.79 Å². The Morgan fingerprint density at radius 3 is 2.69 bits per heavy atom. The molecule has 4 nitrogen and oxygen atoms in total. The van der Waals surface area contributed by atoms with Crippen LogP contribution in [0.5, 0.6) is 0 Å². The van der Waals surface area contributed by atoms with Gasteiger partial charge in [-0.25, -0.2) is 4.98 Å². The van der Waals surface area contributed by atoms with E-state index in [-0.39, 0.29) is 17.7 Å². The van der Waals surface area contributed by atoms with Crippen molar-refractivity contribution in [1.29, 1.82) is 5.26 Å². The largest absolute Gasteiger partial charge is 0.309 e. The van der Waals surface area contributed by atoms with E-state index in [4.69, 9.17) is 4.98 Å². The molecule has 1 aliphatic carbocycles. The molecule has 1 aliphatic rings. The third-order valence-electron chi connectivity index (χ3n) is 4.54. The van der Waals surface area contributed by atoms with Gasteiger partial charge in [-0.1, -0.05) is 30.0 Å². The van der Waals surface area contributed by atoms with Crippen LogP contribution < -0.4 is 4.90 Å². The Balaban J connectivity index is 1.77. The molecule has 5 heteroatoms. The topological polar surface area (TPSA) is 57.0 Å². The molecule has 3 rings (SSSR count). The molecule has 0 radical (unpaired) electrons. The number of pyridine rings is 1. The van der Waals surface area contributed by atoms with E-state index >= 15 is 0 Å². The van der Waals surface area contributed by atoms with Crippen molar-refractivity contribution in [3.05, 3.63) is 53.2 Å². The molecule has 1 amide bonds. The number of carbonyl (C=O) groups is 1. The number of para-hydroxylation sites is 1. The van der Waals surface area contributed by atoms with Gasteiger partial charge in [0, 0.05) is 17.4 Å². The number of hydrogen-bond acceptors (Lipinski definition) is 4. The van der Waals surface area contributed by atoms with Crippen LogP contribution in [0.25, 0.3) is 0 Å². The fourth-order valence-corrected chi connectivity index (χ4v) is 4.16. The van der Waals surface area contributed by atoms with Crippen molar-refractivity contribution >= 4 is 23.4 Å². The number of anilines is 1. The van der Waals surface area contributed by atoms with Crippen LogP contribution >= 0.6 is 11.8 Å². The van der Waals surface area contributed by atoms with Crippen LogP contribution in [0.3, 0.4) is 0 Å². The maximum absolute atomic E-state index is 12.8. The molecule has 0 aliphatic heterocycles. The normalized spacial score (nSPS) is 13.2. The van der Waals surface area contributed by atoms with Gasteiger partial charge in [0.25, 0.3) is 0 Å². The molecule has 1 aromatic heterocycles. The molecule has 0 saturated heterocycles. The first-order valence-corrected chi connectivity index (χ1v) is 10.0. The van der Waals surface area contributed by atoms with E-state index in [1.165, 1.54) is 17.3 Å². The average Bonchev–Trinajstić information content (AvgIpc) is 2.66. The number of amides is 1. The highest BCUT2D eigenvalue weighted by molar-refractivity contribution is 8.00. The molecule has 0 unspecified atom stereocenters. The molecule has 2 aromatic rings. The highest BCUT2D eigenvalue weighted by Crippen LogP contribution is 2.28. The lowest BCUT2D eigenvalue weighted by molar-refractivity contribution is -0.116. The van der Waals surface area contributed by atoms with Crippen molar-refractivity contribution < 1.29 is 4.79 Å². The lowest BCUT2D eigenvalue weighted by Gasteiger charge is -2.27. The van der Waals surface area contributed by atoms with Crippen LogP contribution in [0, 0.1) is 11.3 Å². The molecule has 26 heavy (non-hydrogen) atoms. The summed E-state index contributed by atoms with van der Waals surface area (Å²) in [5.41, 5.74) is 3.76. The number of aromatic nitrogens is 1. The molecule has 134 valence electrons. The summed E-state index contributed by atoms with van der Waals surface area (Å²) < 4.78 is 0. The van der Waals surface area contributed by atoms with Crippen molar-refractivity contribution in [3.8, 4) is 6.07 Å². The second-order valence-electron chi connectivity index (χ2n) is 6.75. The number of nitrogens with zero attached hydrogens (tertiary/aromatic N) is 3. The van der Waals surface area contributed by atoms with Gasteiger partial charge in [-0.15, -0.1) is 0 Å². The van der Waals surface area contributed by atoms with E-state index in [9.17, 15) is 10.1 Å². The average molecular weight is 366 g/mol. The Morgan fingerprint density at radius 2 is 2.00 bits per heavy atom. The zero-order chi connectivity index (χ0) is 18.5. The van der Waals surface area contributed by atoms with Crippen molar-refractivity contribution in [3.63, 3.8) is 0 Å². The van der Waals surface area contributed by atoms with Gasteiger partial charge in [0.2, 0.25) is 5.91 Å². The van der Waals surface area contributed by atoms with E-state index in [1.807, 2.05) is 50.2 Å². The lowest BCUT2D eigenvalue weighted by atomic mass is 9.95. The summed E-state index contributed by atoms with van der Waals surface area (Å²) >= 11 is 1.37. The van der Waals surface area contributed by atoms with Gasteiger partial charge < -0.3 is 4.90 Å². The first kappa shape index (κ1) is 18.5. The number of hydrogen-bond donors (Lipinski definition) is 0. The van der Waals surface area contributed by atoms with Gasteiger partial charge >= 0.3 is 0 Å². The third-order valence-corrected chi connectivity index (χ3v) is 5.51. The minimum absolute atomic E-state index is 0.0274. The van der Waals surface area contributed by atoms with E-state index in [1.54, 1.807) is 4.90 Å². The SMILES string of the molecule is CC(C)N(C(=O)CSc1nc2c(cc1C#N)CCCC2)c1ccccc1. The molecular formula is C21H23N3OS. The Morgan fingerprint density at radius 1 is 1.27 bits per heavy atom. The predicted octanol–water partition coefficient (Wildman–Crippen LogP) is 4.37. The fourth-order valence-electron chi connectivity index (χ4n) is 3.32. The quantitative estimate of drug-likeness (QED) is 0.739. The molecule has 0 atom stereocenters. The molecule has 1 aromatic carbocycles. The number of fused-ring (bicyclic) bond motifs is 1. The van der Waals surface area contributed by atoms with Crippen LogP contribution in [0.1, 0.15) is 43.5 Å². The van der Waals surface area contributed by atoms with E-state index in [2.05, 4.69) is 6.07 Å². The fraction of sp³-hybridized carbons (Fsp3) is 0.381. The third kappa shape index (κ3) is 4.08. The molecule has 1 heterocycles. The summed E-state index contributed by atoms with van der Waals surface area (Å²) in [6.07, 6.45) is 4.26. The second-order valence-corrected chi connectivity index (χ2v) is 7.71. The molecule has 0 fully saturated rings. The molecule has 0 saturated carbocycles. The van der Waals surface area contributed by atoms with Crippen LogP contribution in [0.15, 0.2) is 41.4 Å². The van der Waals surface area contributed by atoms with Gasteiger partial charge in [-0.05, 0) is 63.3 Å². The Bertz CT molecular complexity index is 827. The summed E-state index contributed by atoms with van der Waals surface area (Å²) in [5.74, 6) is 0.299. The van der Waals surface area contributed by atoms with Gasteiger partial charge in [0.15, 0.2) is 0 Å². The number of rotatable bonds is 5. The van der Waals surface area contributed by atoms with Crippen molar-refractivity contribution in [2.45, 2.75) is 50.6 Å². The summed E-state index contributed by atoms with van der Waals surface area (Å²) in [4.78, 5) is 19.3. The van der Waals surface area contributed by atoms with Crippen molar-refractivity contribution in [2.75, 3.05) is 10.7 Å². The van der Waals surface area contributed by atoms with Crippen LogP contribution in [0.2, 0.25) is 0 Å². The summed E-state index contributed by atoms with van der Waals surface area (Å²) in [5, 5.41) is 10.1. The van der Waals surface area contributed by atoms with Crippen molar-refractivity contribution in [2.24, 2.45) is 0 Å². The Labute approximate surface area is 159 Å². The number of thioether (sulfide) groups is 1. The van der Waals surface area contributed by atoms with E-state index < -0.39 is 0 Å². The van der Waals surface area contributed by atoms with Gasteiger partial charge in [0.05, 0.1) is 11.3 Å². The molecule has 0 bridgehead atoms. The van der Waals surface area contributed by atoms with Gasteiger partial charge in [-0.2, -0.15) is 5.26 Å². The maximum Gasteiger partial charge on any atom is 0.237 e. The number of benzene rings is 1. The number of aryl methyl sites for hydroxylation is 2. The molecular weight excluding hydrogens is 342 g/mol. The van der Waals surface area contributed by atoms with Crippen LogP contribution in [0.4, 0.5) is 5.69 Å². The lowest BCUT2D eigenvalue weighted by Crippen LogP contribution is -2.38. The molecule has 0 spiro atoms. The monoisotopic (exact) mass is 365 g/mol. The first-order chi connectivity index (χ1) is 12.6. The summed E-state index contributed by atoms with van der Waals surface area (Å²) in [6.45, 7) is 4.01. The number of carbonyl (C=O) groups excluding carboxylic acids is 1. The first-order valence-electron chi connectivity index (χ1n) is 9.03. The van der Waals surface area contributed by atoms with Gasteiger partial charge in [0.1, 0.15) is 11.1 Å². The predicted molar refractivity (Wildman–Crippen MR) is 105 cm³/mol. The van der Waals surface area contributed by atoms with Crippen LogP contribution in [-0.2, 0) is 17.6 Å². The highest BCUT2D eigenvalue weighted by atomic mass is 32.2. The summed E-state index contributed by atoms with van der Waals surface area (Å²) in [7, 11) is 0. The van der Waals surface area contributed by atoms with Crippen molar-refractivity contribution in [1.82, 2.24) is 4.98 Å². The minimum atomic E-state index is 0.0274. The zero-order valence-electron chi connectivity index (χ0n) is 15.2. The summed E-state index contributed by atoms with van der Waals surface area (Å²) in [6, 6.07) is 14.0. The number of nitriles is 1. The minimum Gasteiger partial charge on any atom is -0.309 e. The Kier molecular flexibility index (Phi) is 5.95. The second kappa shape index (κ2) is 8.37. The maximum atomic E-state index is 12.8. The smallest absolute Gasteiger partial charge is 0.237 e. The molecule has 0 N–H and O–H groups in total. The highest BCUT2D eigenvalue weighted by Gasteiger charge is 2.21. The zero-order valence-corrected chi connectivity index (χ0v) is 16.1. The van der Waals surface area contributed by atoms with E-state index in [0.29, 0.717) is 10.6 Å². The van der Waals surface area contributed by atoms with Crippen LogP contribution in [-0.4, -0.2) is 22.7 Å². The van der Waals surface area contributed by atoms with E-state index in [0.717, 1.165) is 37.1 Å². The Hall–Kier alpha value is -2.32. The standard InChI is InChI=1S/C21H23N3OS/c1-15(2)24(18-9-4-3-5-10-18)20(25)14-26-21-17(13-22)12-16-8-6-7-11-19(16)23-21/h3-5,9-10,12,15H,6-8,11,14H2,1-2H3.